The van der Waals surface area contributed by atoms with Crippen molar-refractivity contribution in [2.24, 2.45) is 5.92 Å². The van der Waals surface area contributed by atoms with Crippen molar-refractivity contribution in [3.05, 3.63) is 0 Å². The number of hydroxylamine groups is 2. The fraction of sp³-hybridized carbons (Fsp3) is 0.895. The highest BCUT2D eigenvalue weighted by Gasteiger charge is 2.20. The summed E-state index contributed by atoms with van der Waals surface area (Å²) in [5.41, 5.74) is -0.542. The summed E-state index contributed by atoms with van der Waals surface area (Å²) in [4.78, 5) is 23.3. The Hall–Kier alpha value is -1.10. The number of carbonyl (C=O) groups excluding carboxylic acids is 2. The van der Waals surface area contributed by atoms with Crippen molar-refractivity contribution < 1.29 is 19.5 Å². The van der Waals surface area contributed by atoms with Crippen LogP contribution in [0.1, 0.15) is 91.4 Å². The third-order valence-electron chi connectivity index (χ3n) is 4.19. The highest BCUT2D eigenvalue weighted by Crippen LogP contribution is 2.34. The van der Waals surface area contributed by atoms with E-state index in [9.17, 15) is 14.8 Å². The lowest BCUT2D eigenvalue weighted by Gasteiger charge is -2.20. The molecule has 5 heteroatoms. The zero-order chi connectivity index (χ0) is 18.0. The Morgan fingerprint density at radius 3 is 2.17 bits per heavy atom. The van der Waals surface area contributed by atoms with Crippen LogP contribution in [0, 0.1) is 5.92 Å². The Bertz CT molecular complexity index is 385. The van der Waals surface area contributed by atoms with Gasteiger partial charge in [-0.05, 0) is 33.1 Å². The van der Waals surface area contributed by atoms with Crippen molar-refractivity contribution >= 4 is 11.9 Å². The summed E-state index contributed by atoms with van der Waals surface area (Å²) in [6, 6.07) is 0. The summed E-state index contributed by atoms with van der Waals surface area (Å²) in [5, 5.41) is 10.3. The molecule has 0 atom stereocenters. The van der Waals surface area contributed by atoms with Gasteiger partial charge in [0, 0.05) is 6.42 Å². The molecule has 1 fully saturated rings. The molecule has 1 rings (SSSR count). The van der Waals surface area contributed by atoms with Crippen molar-refractivity contribution in [3.8, 4) is 0 Å². The van der Waals surface area contributed by atoms with E-state index >= 15 is 0 Å². The smallest absolute Gasteiger partial charge is 0.308 e. The van der Waals surface area contributed by atoms with Gasteiger partial charge in [-0.15, -0.1) is 0 Å². The molecule has 0 aromatic rings. The third-order valence-corrected chi connectivity index (χ3v) is 4.19. The summed E-state index contributed by atoms with van der Waals surface area (Å²) in [6.45, 7) is 5.37. The Labute approximate surface area is 146 Å². The number of ether oxygens (including phenoxy) is 1. The van der Waals surface area contributed by atoms with E-state index in [0.29, 0.717) is 11.5 Å². The lowest BCUT2D eigenvalue weighted by Crippen LogP contribution is -2.31. The van der Waals surface area contributed by atoms with Crippen LogP contribution in [0.2, 0.25) is 0 Å². The van der Waals surface area contributed by atoms with Gasteiger partial charge in [-0.2, -0.15) is 0 Å². The summed E-state index contributed by atoms with van der Waals surface area (Å²) in [5.74, 6) is 0.312. The molecule has 1 N–H and O–H groups in total. The summed E-state index contributed by atoms with van der Waals surface area (Å²) >= 11 is 0. The van der Waals surface area contributed by atoms with Gasteiger partial charge in [0.15, 0.2) is 0 Å². The third kappa shape index (κ3) is 11.4. The maximum Gasteiger partial charge on any atom is 0.308 e. The average molecular weight is 341 g/mol. The van der Waals surface area contributed by atoms with E-state index in [1.165, 1.54) is 38.5 Å². The lowest BCUT2D eigenvalue weighted by atomic mass is 10.1. The van der Waals surface area contributed by atoms with E-state index in [1.807, 2.05) is 0 Å². The molecule has 5 nitrogen and oxygen atoms in total. The molecule has 1 aliphatic rings. The van der Waals surface area contributed by atoms with Gasteiger partial charge in [-0.1, -0.05) is 51.4 Å². The predicted octanol–water partition coefficient (Wildman–Crippen LogP) is 4.47. The van der Waals surface area contributed by atoms with Crippen LogP contribution in [-0.4, -0.2) is 34.3 Å². The van der Waals surface area contributed by atoms with Gasteiger partial charge >= 0.3 is 5.97 Å². The summed E-state index contributed by atoms with van der Waals surface area (Å²) < 4.78 is 5.14. The Morgan fingerprint density at radius 2 is 1.58 bits per heavy atom. The Balaban J connectivity index is 1.95. The van der Waals surface area contributed by atoms with E-state index in [2.05, 4.69) is 0 Å². The second-order valence-electron chi connectivity index (χ2n) is 7.96. The van der Waals surface area contributed by atoms with Crippen LogP contribution in [0.3, 0.4) is 0 Å². The molecule has 0 radical (unpaired) electrons. The summed E-state index contributed by atoms with van der Waals surface area (Å²) in [6.07, 6.45) is 11.5. The molecular weight excluding hydrogens is 306 g/mol. The zero-order valence-corrected chi connectivity index (χ0v) is 15.7. The quantitative estimate of drug-likeness (QED) is 0.246. The van der Waals surface area contributed by atoms with Crippen LogP contribution >= 0.6 is 0 Å². The van der Waals surface area contributed by atoms with E-state index in [1.54, 1.807) is 20.8 Å². The van der Waals surface area contributed by atoms with Gasteiger partial charge < -0.3 is 4.74 Å². The first-order valence-electron chi connectivity index (χ1n) is 9.49. The first-order chi connectivity index (χ1) is 11.3. The molecule has 0 heterocycles. The van der Waals surface area contributed by atoms with Gasteiger partial charge in [-0.3, -0.25) is 14.8 Å². The fourth-order valence-corrected chi connectivity index (χ4v) is 2.67. The monoisotopic (exact) mass is 341 g/mol. The minimum Gasteiger partial charge on any atom is -0.460 e. The molecule has 24 heavy (non-hydrogen) atoms. The molecule has 140 valence electrons. The van der Waals surface area contributed by atoms with Gasteiger partial charge in [-0.25, -0.2) is 5.06 Å². The van der Waals surface area contributed by atoms with Crippen LogP contribution in [0.25, 0.3) is 0 Å². The van der Waals surface area contributed by atoms with E-state index in [4.69, 9.17) is 4.74 Å². The number of unbranched alkanes of at least 4 members (excludes halogenated alkanes) is 5. The van der Waals surface area contributed by atoms with Crippen molar-refractivity contribution in [1.29, 1.82) is 0 Å². The highest BCUT2D eigenvalue weighted by atomic mass is 16.6. The van der Waals surface area contributed by atoms with E-state index in [0.717, 1.165) is 25.2 Å². The van der Waals surface area contributed by atoms with Gasteiger partial charge in [0.25, 0.3) is 0 Å². The van der Waals surface area contributed by atoms with Crippen LogP contribution in [0.5, 0.6) is 0 Å². The van der Waals surface area contributed by atoms with E-state index < -0.39 is 11.6 Å². The van der Waals surface area contributed by atoms with Gasteiger partial charge in [0.05, 0.1) is 13.0 Å². The number of amides is 1. The standard InChI is InChI=1S/C19H35NO4/c1-19(2,3)24-18(22)14-15-20(23)17(21)11-9-7-5-4-6-8-10-16-12-13-16/h16,23H,4-15H2,1-3H3. The second kappa shape index (κ2) is 10.7. The van der Waals surface area contributed by atoms with Crippen LogP contribution in [0.4, 0.5) is 0 Å². The molecule has 1 saturated carbocycles. The Morgan fingerprint density at radius 1 is 1.00 bits per heavy atom. The zero-order valence-electron chi connectivity index (χ0n) is 15.7. The molecule has 0 aromatic carbocycles. The van der Waals surface area contributed by atoms with Crippen molar-refractivity contribution in [1.82, 2.24) is 5.06 Å². The van der Waals surface area contributed by atoms with Crippen LogP contribution in [-0.2, 0) is 14.3 Å². The normalized spacial score (nSPS) is 14.5. The SMILES string of the molecule is CC(C)(C)OC(=O)CCN(O)C(=O)CCCCCCCCC1CC1. The van der Waals surface area contributed by atoms with Gasteiger partial charge in [0.2, 0.25) is 5.91 Å². The number of esters is 1. The molecule has 0 spiro atoms. The molecular formula is C19H35NO4. The molecule has 0 unspecified atom stereocenters. The summed E-state index contributed by atoms with van der Waals surface area (Å²) in [7, 11) is 0. The number of nitrogens with zero attached hydrogens (tertiary/aromatic N) is 1. The number of hydrogen-bond acceptors (Lipinski definition) is 4. The lowest BCUT2D eigenvalue weighted by molar-refractivity contribution is -0.170. The Kier molecular flexibility index (Phi) is 9.34. The molecule has 0 aromatic heterocycles. The molecule has 0 saturated heterocycles. The van der Waals surface area contributed by atoms with Crippen LogP contribution in [0.15, 0.2) is 0 Å². The maximum absolute atomic E-state index is 11.8. The maximum atomic E-state index is 11.8. The fourth-order valence-electron chi connectivity index (χ4n) is 2.67. The van der Waals surface area contributed by atoms with E-state index in [-0.39, 0.29) is 18.9 Å². The largest absolute Gasteiger partial charge is 0.460 e. The minimum absolute atomic E-state index is 0.00505. The molecule has 0 aliphatic heterocycles. The first kappa shape index (κ1) is 20.9. The van der Waals surface area contributed by atoms with Gasteiger partial charge in [0.1, 0.15) is 5.60 Å². The molecule has 1 amide bonds. The van der Waals surface area contributed by atoms with Crippen LogP contribution < -0.4 is 0 Å². The second-order valence-corrected chi connectivity index (χ2v) is 7.96. The average Bonchev–Trinajstić information content (AvgIpc) is 3.29. The van der Waals surface area contributed by atoms with Crippen molar-refractivity contribution in [3.63, 3.8) is 0 Å². The number of hydrogen-bond donors (Lipinski definition) is 1. The molecule has 1 aliphatic carbocycles. The highest BCUT2D eigenvalue weighted by molar-refractivity contribution is 5.76. The predicted molar refractivity (Wildman–Crippen MR) is 93.6 cm³/mol. The number of carbonyl (C=O) groups is 2. The molecule has 0 bridgehead atoms. The first-order valence-corrected chi connectivity index (χ1v) is 9.49. The van der Waals surface area contributed by atoms with Crippen molar-refractivity contribution in [2.75, 3.05) is 6.54 Å². The van der Waals surface area contributed by atoms with Crippen molar-refractivity contribution in [2.45, 2.75) is 97.0 Å². The number of rotatable bonds is 12. The topological polar surface area (TPSA) is 66.8 Å². The minimum atomic E-state index is -0.542.